The maximum absolute atomic E-state index is 6.11. The minimum atomic E-state index is -0.398. The summed E-state index contributed by atoms with van der Waals surface area (Å²) in [6.45, 7) is 2.81. The predicted molar refractivity (Wildman–Crippen MR) is 88.2 cm³/mol. The Kier molecular flexibility index (Phi) is 5.84. The summed E-state index contributed by atoms with van der Waals surface area (Å²) in [6.07, 6.45) is 4.01. The van der Waals surface area contributed by atoms with Crippen molar-refractivity contribution >= 4 is 0 Å². The molecule has 22 heavy (non-hydrogen) atoms. The molecule has 0 radical (unpaired) electrons. The SMILES string of the molecule is COc1ccc(C(CN)C2CCC(OC)(OC)CC2)c(C)c1. The van der Waals surface area contributed by atoms with E-state index in [-0.39, 0.29) is 0 Å². The van der Waals surface area contributed by atoms with Gasteiger partial charge in [-0.1, -0.05) is 6.07 Å². The molecule has 0 bridgehead atoms. The monoisotopic (exact) mass is 307 g/mol. The van der Waals surface area contributed by atoms with E-state index in [9.17, 15) is 0 Å². The van der Waals surface area contributed by atoms with Gasteiger partial charge in [-0.05, 0) is 61.4 Å². The molecule has 1 unspecified atom stereocenters. The molecule has 1 atom stereocenters. The molecule has 124 valence electrons. The maximum atomic E-state index is 6.11. The lowest BCUT2D eigenvalue weighted by Gasteiger charge is -2.40. The van der Waals surface area contributed by atoms with Gasteiger partial charge in [0.2, 0.25) is 0 Å². The van der Waals surface area contributed by atoms with Crippen molar-refractivity contribution in [2.24, 2.45) is 11.7 Å². The molecule has 0 spiro atoms. The summed E-state index contributed by atoms with van der Waals surface area (Å²) in [7, 11) is 5.17. The van der Waals surface area contributed by atoms with Gasteiger partial charge < -0.3 is 19.9 Å². The molecule has 1 aromatic rings. The summed E-state index contributed by atoms with van der Waals surface area (Å²) in [5.41, 5.74) is 8.71. The van der Waals surface area contributed by atoms with Gasteiger partial charge >= 0.3 is 0 Å². The van der Waals surface area contributed by atoms with E-state index in [2.05, 4.69) is 19.1 Å². The van der Waals surface area contributed by atoms with E-state index in [0.717, 1.165) is 31.4 Å². The van der Waals surface area contributed by atoms with Gasteiger partial charge in [0.25, 0.3) is 0 Å². The molecule has 0 aliphatic heterocycles. The smallest absolute Gasteiger partial charge is 0.167 e. The number of hydrogen-bond acceptors (Lipinski definition) is 4. The molecule has 0 aromatic heterocycles. The highest BCUT2D eigenvalue weighted by Gasteiger charge is 2.38. The van der Waals surface area contributed by atoms with Crippen molar-refractivity contribution in [2.75, 3.05) is 27.9 Å². The number of rotatable bonds is 6. The van der Waals surface area contributed by atoms with Crippen LogP contribution in [0.5, 0.6) is 5.75 Å². The average Bonchev–Trinajstić information content (AvgIpc) is 2.57. The number of hydrogen-bond donors (Lipinski definition) is 1. The van der Waals surface area contributed by atoms with E-state index >= 15 is 0 Å². The molecule has 1 fully saturated rings. The van der Waals surface area contributed by atoms with Gasteiger partial charge in [-0.25, -0.2) is 0 Å². The third kappa shape index (κ3) is 3.45. The Balaban J connectivity index is 2.13. The Hall–Kier alpha value is -1.10. The van der Waals surface area contributed by atoms with Crippen LogP contribution in [0.1, 0.15) is 42.7 Å². The fourth-order valence-corrected chi connectivity index (χ4v) is 3.74. The van der Waals surface area contributed by atoms with Crippen molar-refractivity contribution in [3.05, 3.63) is 29.3 Å². The van der Waals surface area contributed by atoms with Crippen LogP contribution in [-0.2, 0) is 9.47 Å². The zero-order valence-corrected chi connectivity index (χ0v) is 14.2. The molecule has 1 aliphatic carbocycles. The van der Waals surface area contributed by atoms with Crippen LogP contribution in [0.15, 0.2) is 18.2 Å². The maximum Gasteiger partial charge on any atom is 0.167 e. The summed E-state index contributed by atoms with van der Waals surface area (Å²) in [6, 6.07) is 6.29. The first kappa shape index (κ1) is 17.3. The molecular formula is C18H29NO3. The Labute approximate surface area is 133 Å². The van der Waals surface area contributed by atoms with Gasteiger partial charge in [0.05, 0.1) is 7.11 Å². The summed E-state index contributed by atoms with van der Waals surface area (Å²) >= 11 is 0. The van der Waals surface area contributed by atoms with Gasteiger partial charge in [-0.15, -0.1) is 0 Å². The van der Waals surface area contributed by atoms with Gasteiger partial charge in [0.15, 0.2) is 5.79 Å². The molecule has 0 saturated heterocycles. The summed E-state index contributed by atoms with van der Waals surface area (Å²) in [5.74, 6) is 1.47. The summed E-state index contributed by atoms with van der Waals surface area (Å²) in [5, 5.41) is 0. The molecule has 1 aliphatic rings. The minimum Gasteiger partial charge on any atom is -0.497 e. The highest BCUT2D eigenvalue weighted by molar-refractivity contribution is 5.37. The molecule has 2 rings (SSSR count). The number of methoxy groups -OCH3 is 3. The topological polar surface area (TPSA) is 53.7 Å². The Bertz CT molecular complexity index is 475. The van der Waals surface area contributed by atoms with Crippen LogP contribution in [-0.4, -0.2) is 33.7 Å². The second kappa shape index (κ2) is 7.44. The number of benzene rings is 1. The van der Waals surface area contributed by atoms with Crippen molar-refractivity contribution in [3.8, 4) is 5.75 Å². The van der Waals surface area contributed by atoms with Crippen LogP contribution in [0.25, 0.3) is 0 Å². The predicted octanol–water partition coefficient (Wildman–Crippen LogP) is 3.23. The molecule has 0 heterocycles. The first-order valence-electron chi connectivity index (χ1n) is 8.04. The zero-order valence-electron chi connectivity index (χ0n) is 14.2. The first-order chi connectivity index (χ1) is 10.6. The van der Waals surface area contributed by atoms with E-state index in [1.54, 1.807) is 21.3 Å². The van der Waals surface area contributed by atoms with Gasteiger partial charge in [0, 0.05) is 27.1 Å². The third-order valence-corrected chi connectivity index (χ3v) is 5.24. The molecule has 4 heteroatoms. The molecular weight excluding hydrogens is 278 g/mol. The summed E-state index contributed by atoms with van der Waals surface area (Å²) in [4.78, 5) is 0. The van der Waals surface area contributed by atoms with E-state index in [1.165, 1.54) is 11.1 Å². The lowest BCUT2D eigenvalue weighted by atomic mass is 9.74. The normalized spacial score (nSPS) is 19.9. The van der Waals surface area contributed by atoms with Crippen molar-refractivity contribution in [1.82, 2.24) is 0 Å². The van der Waals surface area contributed by atoms with Crippen LogP contribution in [0.4, 0.5) is 0 Å². The molecule has 4 nitrogen and oxygen atoms in total. The van der Waals surface area contributed by atoms with E-state index in [4.69, 9.17) is 19.9 Å². The van der Waals surface area contributed by atoms with Gasteiger partial charge in [-0.3, -0.25) is 0 Å². The molecule has 1 aromatic carbocycles. The minimum absolute atomic E-state index is 0.387. The Morgan fingerprint density at radius 3 is 2.27 bits per heavy atom. The second-order valence-electron chi connectivity index (χ2n) is 6.22. The first-order valence-corrected chi connectivity index (χ1v) is 8.04. The van der Waals surface area contributed by atoms with E-state index in [1.807, 2.05) is 6.07 Å². The lowest BCUT2D eigenvalue weighted by Crippen LogP contribution is -2.40. The van der Waals surface area contributed by atoms with Gasteiger partial charge in [0.1, 0.15) is 5.75 Å². The number of ether oxygens (including phenoxy) is 3. The highest BCUT2D eigenvalue weighted by Crippen LogP contribution is 2.42. The highest BCUT2D eigenvalue weighted by atomic mass is 16.7. The Morgan fingerprint density at radius 2 is 1.82 bits per heavy atom. The zero-order chi connectivity index (χ0) is 16.2. The lowest BCUT2D eigenvalue weighted by molar-refractivity contribution is -0.228. The largest absolute Gasteiger partial charge is 0.497 e. The van der Waals surface area contributed by atoms with E-state index in [0.29, 0.717) is 18.4 Å². The average molecular weight is 307 g/mol. The van der Waals surface area contributed by atoms with Crippen molar-refractivity contribution in [1.29, 1.82) is 0 Å². The van der Waals surface area contributed by atoms with Crippen molar-refractivity contribution in [2.45, 2.75) is 44.3 Å². The van der Waals surface area contributed by atoms with Crippen molar-refractivity contribution < 1.29 is 14.2 Å². The quantitative estimate of drug-likeness (QED) is 0.820. The van der Waals surface area contributed by atoms with Crippen LogP contribution in [0.2, 0.25) is 0 Å². The number of aryl methyl sites for hydroxylation is 1. The van der Waals surface area contributed by atoms with Crippen LogP contribution >= 0.6 is 0 Å². The van der Waals surface area contributed by atoms with Gasteiger partial charge in [-0.2, -0.15) is 0 Å². The molecule has 1 saturated carbocycles. The van der Waals surface area contributed by atoms with E-state index < -0.39 is 5.79 Å². The fourth-order valence-electron chi connectivity index (χ4n) is 3.74. The molecule has 2 N–H and O–H groups in total. The molecule has 0 amide bonds. The standard InChI is InChI=1S/C18H29NO3/c1-13-11-15(20-2)5-6-16(13)17(12-19)14-7-9-18(21-3,22-4)10-8-14/h5-6,11,14,17H,7-10,12,19H2,1-4H3. The fraction of sp³-hybridized carbons (Fsp3) is 0.667. The summed E-state index contributed by atoms with van der Waals surface area (Å²) < 4.78 is 16.5. The number of nitrogens with two attached hydrogens (primary N) is 1. The van der Waals surface area contributed by atoms with Crippen LogP contribution in [0, 0.1) is 12.8 Å². The van der Waals surface area contributed by atoms with Crippen LogP contribution < -0.4 is 10.5 Å². The third-order valence-electron chi connectivity index (χ3n) is 5.24. The second-order valence-corrected chi connectivity index (χ2v) is 6.22. The van der Waals surface area contributed by atoms with Crippen LogP contribution in [0.3, 0.4) is 0 Å². The van der Waals surface area contributed by atoms with Crippen molar-refractivity contribution in [3.63, 3.8) is 0 Å². The Morgan fingerprint density at radius 1 is 1.18 bits per heavy atom.